The largest absolute Gasteiger partial charge is 0.393 e. The molecule has 1 unspecified atom stereocenters. The van der Waals surface area contributed by atoms with Crippen LogP contribution < -0.4 is 0 Å². The summed E-state index contributed by atoms with van der Waals surface area (Å²) in [6.45, 7) is 4.79. The molecule has 0 spiro atoms. The molecule has 1 N–H and O–H groups in total. The number of hydrogen-bond donors (Lipinski definition) is 1. The van der Waals surface area contributed by atoms with Gasteiger partial charge in [0, 0.05) is 13.1 Å². The van der Waals surface area contributed by atoms with Gasteiger partial charge in [0.1, 0.15) is 5.82 Å². The third-order valence-corrected chi connectivity index (χ3v) is 5.34. The molecule has 1 heterocycles. The molecule has 3 nitrogen and oxygen atoms in total. The van der Waals surface area contributed by atoms with Gasteiger partial charge in [-0.1, -0.05) is 12.1 Å². The lowest BCUT2D eigenvalue weighted by molar-refractivity contribution is 0.0645. The molecule has 1 amide bonds. The van der Waals surface area contributed by atoms with Crippen LogP contribution in [0.5, 0.6) is 0 Å². The first-order valence-electron chi connectivity index (χ1n) is 8.22. The Bertz CT molecular complexity index is 577. The average molecular weight is 305 g/mol. The molecule has 0 saturated heterocycles. The molecular formula is C18H24FNO2. The summed E-state index contributed by atoms with van der Waals surface area (Å²) >= 11 is 0. The number of aliphatic hydroxyl groups is 1. The number of hydrogen-bond acceptors (Lipinski definition) is 2. The Balaban J connectivity index is 1.64. The molecule has 120 valence electrons. The number of carbonyl (C=O) groups excluding carboxylic acids is 1. The van der Waals surface area contributed by atoms with Crippen molar-refractivity contribution in [1.82, 2.24) is 4.90 Å². The fraction of sp³-hybridized carbons (Fsp3) is 0.611. The second kappa shape index (κ2) is 5.99. The van der Waals surface area contributed by atoms with Crippen molar-refractivity contribution in [2.75, 3.05) is 6.54 Å². The number of benzene rings is 1. The Morgan fingerprint density at radius 2 is 2.00 bits per heavy atom. The van der Waals surface area contributed by atoms with Crippen LogP contribution in [0.4, 0.5) is 4.39 Å². The molecule has 4 heteroatoms. The van der Waals surface area contributed by atoms with E-state index in [4.69, 9.17) is 0 Å². The molecule has 1 saturated carbocycles. The fourth-order valence-corrected chi connectivity index (χ4v) is 3.83. The number of aryl methyl sites for hydroxylation is 1. The molecule has 1 aliphatic carbocycles. The molecule has 1 fully saturated rings. The molecule has 1 aromatic carbocycles. The highest BCUT2D eigenvalue weighted by Crippen LogP contribution is 2.34. The van der Waals surface area contributed by atoms with E-state index in [-0.39, 0.29) is 23.4 Å². The van der Waals surface area contributed by atoms with Crippen LogP contribution in [-0.2, 0) is 6.54 Å². The van der Waals surface area contributed by atoms with Gasteiger partial charge >= 0.3 is 0 Å². The molecule has 2 aliphatic rings. The maximum Gasteiger partial charge on any atom is 0.257 e. The van der Waals surface area contributed by atoms with Gasteiger partial charge in [-0.25, -0.2) is 4.39 Å². The van der Waals surface area contributed by atoms with Crippen molar-refractivity contribution >= 4 is 5.91 Å². The van der Waals surface area contributed by atoms with Crippen LogP contribution in [0.3, 0.4) is 0 Å². The molecule has 0 aromatic heterocycles. The number of nitrogens with zero attached hydrogens (tertiary/aromatic N) is 1. The highest BCUT2D eigenvalue weighted by Gasteiger charge is 2.33. The lowest BCUT2D eigenvalue weighted by Crippen LogP contribution is -2.33. The van der Waals surface area contributed by atoms with Gasteiger partial charge in [0.15, 0.2) is 0 Å². The Morgan fingerprint density at radius 1 is 1.32 bits per heavy atom. The van der Waals surface area contributed by atoms with Crippen LogP contribution in [0, 0.1) is 24.6 Å². The topological polar surface area (TPSA) is 40.5 Å². The van der Waals surface area contributed by atoms with E-state index in [2.05, 4.69) is 0 Å². The second-order valence-electron chi connectivity index (χ2n) is 6.94. The van der Waals surface area contributed by atoms with Gasteiger partial charge in [0.05, 0.1) is 11.7 Å². The minimum absolute atomic E-state index is 0.158. The summed E-state index contributed by atoms with van der Waals surface area (Å²) < 4.78 is 14.2. The third kappa shape index (κ3) is 2.76. The van der Waals surface area contributed by atoms with Gasteiger partial charge in [-0.2, -0.15) is 0 Å². The molecule has 0 radical (unpaired) electrons. The number of aliphatic hydroxyl groups excluding tert-OH is 1. The molecule has 1 aliphatic heterocycles. The number of amides is 1. The van der Waals surface area contributed by atoms with Gasteiger partial charge in [0.2, 0.25) is 0 Å². The molecule has 22 heavy (non-hydrogen) atoms. The Kier molecular flexibility index (Phi) is 4.22. The minimum atomic E-state index is -0.359. The standard InChI is InChI=1S/C18H24FNO2/c1-11-3-6-15-10-20(18(22)16(15)17(11)19)9-13-4-7-14(8-5-13)12(2)21/h3,6,12-14,21H,4-5,7-10H2,1-2H3/t12?,13-,14-. The highest BCUT2D eigenvalue weighted by atomic mass is 19.1. The van der Waals surface area contributed by atoms with Crippen LogP contribution in [-0.4, -0.2) is 28.6 Å². The SMILES string of the molecule is Cc1ccc2c(c1F)C(=O)N(C[C@H]1CC[C@H](C(C)O)CC1)C2. The van der Waals surface area contributed by atoms with E-state index in [9.17, 15) is 14.3 Å². The maximum absolute atomic E-state index is 14.2. The Morgan fingerprint density at radius 3 is 2.64 bits per heavy atom. The van der Waals surface area contributed by atoms with Gasteiger partial charge in [-0.15, -0.1) is 0 Å². The fourth-order valence-electron chi connectivity index (χ4n) is 3.83. The van der Waals surface area contributed by atoms with E-state index in [0.717, 1.165) is 31.2 Å². The van der Waals surface area contributed by atoms with Gasteiger partial charge < -0.3 is 10.0 Å². The maximum atomic E-state index is 14.2. The van der Waals surface area contributed by atoms with Crippen LogP contribution in [0.2, 0.25) is 0 Å². The zero-order chi connectivity index (χ0) is 15.9. The van der Waals surface area contributed by atoms with Gasteiger partial charge in [0.25, 0.3) is 5.91 Å². The van der Waals surface area contributed by atoms with Crippen LogP contribution in [0.15, 0.2) is 12.1 Å². The van der Waals surface area contributed by atoms with E-state index in [1.165, 1.54) is 0 Å². The van der Waals surface area contributed by atoms with E-state index in [1.54, 1.807) is 17.9 Å². The highest BCUT2D eigenvalue weighted by molar-refractivity contribution is 5.98. The number of fused-ring (bicyclic) bond motifs is 1. The summed E-state index contributed by atoms with van der Waals surface area (Å²) in [7, 11) is 0. The van der Waals surface area contributed by atoms with Gasteiger partial charge in [-0.05, 0) is 62.5 Å². The van der Waals surface area contributed by atoms with E-state index in [0.29, 0.717) is 30.5 Å². The van der Waals surface area contributed by atoms with E-state index >= 15 is 0 Å². The number of carbonyl (C=O) groups is 1. The van der Waals surface area contributed by atoms with Crippen molar-refractivity contribution in [3.05, 3.63) is 34.6 Å². The lowest BCUT2D eigenvalue weighted by atomic mass is 9.79. The molecular weight excluding hydrogens is 281 g/mol. The summed E-state index contributed by atoms with van der Waals surface area (Å²) in [4.78, 5) is 14.3. The summed E-state index contributed by atoms with van der Waals surface area (Å²) in [5, 5.41) is 9.66. The predicted octanol–water partition coefficient (Wildman–Crippen LogP) is 3.28. The Hall–Kier alpha value is -1.42. The van der Waals surface area contributed by atoms with Gasteiger partial charge in [-0.3, -0.25) is 4.79 Å². The average Bonchev–Trinajstić information content (AvgIpc) is 2.81. The zero-order valence-corrected chi connectivity index (χ0v) is 13.3. The van der Waals surface area contributed by atoms with E-state index < -0.39 is 0 Å². The summed E-state index contributed by atoms with van der Waals surface area (Å²) in [5.41, 5.74) is 1.62. The first-order chi connectivity index (χ1) is 10.5. The van der Waals surface area contributed by atoms with Crippen LogP contribution in [0.25, 0.3) is 0 Å². The smallest absolute Gasteiger partial charge is 0.257 e. The van der Waals surface area contributed by atoms with Crippen LogP contribution >= 0.6 is 0 Å². The molecule has 0 bridgehead atoms. The number of rotatable bonds is 3. The second-order valence-corrected chi connectivity index (χ2v) is 6.94. The third-order valence-electron chi connectivity index (χ3n) is 5.34. The quantitative estimate of drug-likeness (QED) is 0.931. The lowest BCUT2D eigenvalue weighted by Gasteiger charge is -2.32. The van der Waals surface area contributed by atoms with Crippen LogP contribution in [0.1, 0.15) is 54.1 Å². The van der Waals surface area contributed by atoms with Crippen molar-refractivity contribution in [2.24, 2.45) is 11.8 Å². The van der Waals surface area contributed by atoms with Crippen molar-refractivity contribution in [3.8, 4) is 0 Å². The van der Waals surface area contributed by atoms with Crippen molar-refractivity contribution < 1.29 is 14.3 Å². The van der Waals surface area contributed by atoms with Crippen molar-refractivity contribution in [1.29, 1.82) is 0 Å². The molecule has 1 aromatic rings. The number of halogens is 1. The first kappa shape index (κ1) is 15.5. The first-order valence-corrected chi connectivity index (χ1v) is 8.22. The summed E-state index contributed by atoms with van der Waals surface area (Å²) in [5.74, 6) is 0.344. The van der Waals surface area contributed by atoms with E-state index in [1.807, 2.05) is 13.0 Å². The summed E-state index contributed by atoms with van der Waals surface area (Å²) in [6.07, 6.45) is 3.87. The monoisotopic (exact) mass is 305 g/mol. The van der Waals surface area contributed by atoms with Crippen molar-refractivity contribution in [3.63, 3.8) is 0 Å². The summed E-state index contributed by atoms with van der Waals surface area (Å²) in [6, 6.07) is 3.62. The molecule has 1 atom stereocenters. The zero-order valence-electron chi connectivity index (χ0n) is 13.3. The van der Waals surface area contributed by atoms with Crippen molar-refractivity contribution in [2.45, 2.75) is 52.2 Å². The molecule has 3 rings (SSSR count). The minimum Gasteiger partial charge on any atom is -0.393 e. The normalized spacial score (nSPS) is 26.2. The predicted molar refractivity (Wildman–Crippen MR) is 83.0 cm³/mol. The Labute approximate surface area is 131 Å².